The van der Waals surface area contributed by atoms with Crippen LogP contribution in [-0.4, -0.2) is 36.3 Å². The van der Waals surface area contributed by atoms with E-state index in [1.54, 1.807) is 7.11 Å². The van der Waals surface area contributed by atoms with Crippen LogP contribution >= 0.6 is 11.6 Å². The fourth-order valence-electron chi connectivity index (χ4n) is 2.89. The number of hydrogen-bond acceptors (Lipinski definition) is 4. The van der Waals surface area contributed by atoms with Crippen LogP contribution in [0.3, 0.4) is 0 Å². The Bertz CT molecular complexity index is 675. The van der Waals surface area contributed by atoms with E-state index in [1.165, 1.54) is 0 Å². The van der Waals surface area contributed by atoms with Crippen molar-refractivity contribution in [2.45, 2.75) is 25.7 Å². The van der Waals surface area contributed by atoms with Gasteiger partial charge in [0.05, 0.1) is 13.2 Å². The number of halogens is 1. The molecule has 0 spiro atoms. The van der Waals surface area contributed by atoms with Crippen LogP contribution in [0.4, 0.5) is 0 Å². The molecule has 1 heterocycles. The number of ether oxygens (including phenoxy) is 2. The van der Waals surface area contributed by atoms with Crippen molar-refractivity contribution in [3.63, 3.8) is 0 Å². The van der Waals surface area contributed by atoms with Gasteiger partial charge in [0.1, 0.15) is 6.61 Å². The number of nitrogens with zero attached hydrogens (tertiary/aromatic N) is 1. The Hall–Kier alpha value is -1.75. The molecule has 0 saturated carbocycles. The second-order valence-corrected chi connectivity index (χ2v) is 6.51. The van der Waals surface area contributed by atoms with Crippen LogP contribution in [0.25, 0.3) is 0 Å². The summed E-state index contributed by atoms with van der Waals surface area (Å²) >= 11 is 5.89. The average molecular weight is 348 g/mol. The minimum absolute atomic E-state index is 0.200. The third-order valence-corrected chi connectivity index (χ3v) is 4.44. The number of rotatable bonds is 6. The maximum atomic E-state index is 9.62. The Kier molecular flexibility index (Phi) is 5.61. The third kappa shape index (κ3) is 4.41. The van der Waals surface area contributed by atoms with Crippen molar-refractivity contribution in [1.82, 2.24) is 4.90 Å². The second-order valence-electron chi connectivity index (χ2n) is 6.08. The molecule has 2 aromatic rings. The molecular weight excluding hydrogens is 326 g/mol. The van der Waals surface area contributed by atoms with Gasteiger partial charge in [-0.2, -0.15) is 0 Å². The summed E-state index contributed by atoms with van der Waals surface area (Å²) in [5, 5.41) is 10.3. The zero-order valence-electron chi connectivity index (χ0n) is 13.7. The highest BCUT2D eigenvalue weighted by Gasteiger charge is 2.20. The predicted molar refractivity (Wildman–Crippen MR) is 94.7 cm³/mol. The van der Waals surface area contributed by atoms with Crippen molar-refractivity contribution in [2.75, 3.05) is 20.2 Å². The first-order chi connectivity index (χ1) is 11.6. The number of likely N-dealkylation sites (tertiary alicyclic amines) is 1. The van der Waals surface area contributed by atoms with Gasteiger partial charge < -0.3 is 14.6 Å². The highest BCUT2D eigenvalue weighted by molar-refractivity contribution is 6.30. The molecule has 0 radical (unpaired) electrons. The quantitative estimate of drug-likeness (QED) is 0.868. The molecule has 0 bridgehead atoms. The number of hydrogen-bond donors (Lipinski definition) is 1. The molecule has 1 atom stereocenters. The van der Waals surface area contributed by atoms with Crippen LogP contribution in [-0.2, 0) is 13.2 Å². The molecule has 1 aliphatic heterocycles. The van der Waals surface area contributed by atoms with Crippen molar-refractivity contribution in [3.05, 3.63) is 58.6 Å². The van der Waals surface area contributed by atoms with E-state index < -0.39 is 0 Å². The lowest BCUT2D eigenvalue weighted by atomic mass is 10.2. The highest BCUT2D eigenvalue weighted by Crippen LogP contribution is 2.30. The van der Waals surface area contributed by atoms with Gasteiger partial charge in [-0.3, -0.25) is 4.90 Å². The molecule has 1 N–H and O–H groups in total. The Morgan fingerprint density at radius 1 is 1.12 bits per heavy atom. The predicted octanol–water partition coefficient (Wildman–Crippen LogP) is 3.49. The normalized spacial score (nSPS) is 17.9. The van der Waals surface area contributed by atoms with Gasteiger partial charge in [-0.05, 0) is 41.8 Å². The van der Waals surface area contributed by atoms with Gasteiger partial charge in [-0.15, -0.1) is 0 Å². The number of β-amino-alcohol motifs (C(OH)–C–C–N with tert-alkyl or cyclic N) is 1. The molecule has 1 aliphatic rings. The van der Waals surface area contributed by atoms with E-state index in [0.29, 0.717) is 11.6 Å². The zero-order chi connectivity index (χ0) is 16.9. The number of benzene rings is 2. The van der Waals surface area contributed by atoms with E-state index >= 15 is 0 Å². The molecule has 1 saturated heterocycles. The van der Waals surface area contributed by atoms with Crippen LogP contribution in [0.1, 0.15) is 17.5 Å². The molecule has 1 fully saturated rings. The number of methoxy groups -OCH3 is 1. The summed E-state index contributed by atoms with van der Waals surface area (Å²) in [5.74, 6) is 1.44. The lowest BCUT2D eigenvalue weighted by Gasteiger charge is -2.17. The summed E-state index contributed by atoms with van der Waals surface area (Å²) in [6.07, 6.45) is 0.647. The van der Waals surface area contributed by atoms with Crippen molar-refractivity contribution in [3.8, 4) is 11.5 Å². The van der Waals surface area contributed by atoms with Crippen molar-refractivity contribution in [1.29, 1.82) is 0 Å². The molecular formula is C19H22ClNO3. The van der Waals surface area contributed by atoms with E-state index in [4.69, 9.17) is 21.1 Å². The van der Waals surface area contributed by atoms with Crippen LogP contribution in [0.2, 0.25) is 5.02 Å². The smallest absolute Gasteiger partial charge is 0.161 e. The standard InChI is InChI=1S/C19H22ClNO3/c1-23-19-10-15(11-21-9-8-17(22)12-21)4-7-18(19)24-13-14-2-5-16(20)6-3-14/h2-7,10,17,22H,8-9,11-13H2,1H3/t17-/m1/s1. The SMILES string of the molecule is COc1cc(CN2CC[C@@H](O)C2)ccc1OCc1ccc(Cl)cc1. The maximum absolute atomic E-state index is 9.62. The summed E-state index contributed by atoms with van der Waals surface area (Å²) < 4.78 is 11.3. The highest BCUT2D eigenvalue weighted by atomic mass is 35.5. The first kappa shape index (κ1) is 17.1. The van der Waals surface area contributed by atoms with Gasteiger partial charge in [0.15, 0.2) is 11.5 Å². The molecule has 0 aromatic heterocycles. The molecule has 4 nitrogen and oxygen atoms in total. The van der Waals surface area contributed by atoms with Gasteiger partial charge in [-0.1, -0.05) is 29.8 Å². The first-order valence-corrected chi connectivity index (χ1v) is 8.46. The van der Waals surface area contributed by atoms with Crippen molar-refractivity contribution >= 4 is 11.6 Å². The van der Waals surface area contributed by atoms with E-state index in [1.807, 2.05) is 42.5 Å². The Morgan fingerprint density at radius 2 is 1.88 bits per heavy atom. The van der Waals surface area contributed by atoms with Gasteiger partial charge in [0.25, 0.3) is 0 Å². The first-order valence-electron chi connectivity index (χ1n) is 8.08. The van der Waals surface area contributed by atoms with E-state index in [9.17, 15) is 5.11 Å². The summed E-state index contributed by atoms with van der Waals surface area (Å²) in [4.78, 5) is 2.24. The van der Waals surface area contributed by atoms with Gasteiger partial charge >= 0.3 is 0 Å². The van der Waals surface area contributed by atoms with Crippen LogP contribution in [0.15, 0.2) is 42.5 Å². The monoisotopic (exact) mass is 347 g/mol. The van der Waals surface area contributed by atoms with Gasteiger partial charge in [0, 0.05) is 24.7 Å². The fourth-order valence-corrected chi connectivity index (χ4v) is 3.01. The van der Waals surface area contributed by atoms with Gasteiger partial charge in [0.2, 0.25) is 0 Å². The molecule has 0 unspecified atom stereocenters. The van der Waals surface area contributed by atoms with Crippen molar-refractivity contribution in [2.24, 2.45) is 0 Å². The molecule has 3 rings (SSSR count). The number of aliphatic hydroxyl groups excluding tert-OH is 1. The lowest BCUT2D eigenvalue weighted by molar-refractivity contribution is 0.174. The van der Waals surface area contributed by atoms with E-state index in [2.05, 4.69) is 4.90 Å². The topological polar surface area (TPSA) is 41.9 Å². The van der Waals surface area contributed by atoms with Crippen molar-refractivity contribution < 1.29 is 14.6 Å². The Balaban J connectivity index is 1.64. The fraction of sp³-hybridized carbons (Fsp3) is 0.368. The Labute approximate surface area is 147 Å². The second kappa shape index (κ2) is 7.88. The summed E-state index contributed by atoms with van der Waals surface area (Å²) in [6.45, 7) is 2.94. The zero-order valence-corrected chi connectivity index (χ0v) is 14.5. The van der Waals surface area contributed by atoms with E-state index in [0.717, 1.165) is 48.7 Å². The molecule has 5 heteroatoms. The minimum Gasteiger partial charge on any atom is -0.493 e. The third-order valence-electron chi connectivity index (χ3n) is 4.19. The number of aliphatic hydroxyl groups is 1. The van der Waals surface area contributed by atoms with Crippen LogP contribution < -0.4 is 9.47 Å². The maximum Gasteiger partial charge on any atom is 0.161 e. The molecule has 0 aliphatic carbocycles. The van der Waals surface area contributed by atoms with E-state index in [-0.39, 0.29) is 6.10 Å². The molecule has 0 amide bonds. The Morgan fingerprint density at radius 3 is 2.54 bits per heavy atom. The molecule has 2 aromatic carbocycles. The molecule has 24 heavy (non-hydrogen) atoms. The summed E-state index contributed by atoms with van der Waals surface area (Å²) in [5.41, 5.74) is 2.20. The summed E-state index contributed by atoms with van der Waals surface area (Å²) in [6, 6.07) is 13.6. The van der Waals surface area contributed by atoms with Crippen LogP contribution in [0, 0.1) is 0 Å². The summed E-state index contributed by atoms with van der Waals surface area (Å²) in [7, 11) is 1.65. The minimum atomic E-state index is -0.200. The van der Waals surface area contributed by atoms with Gasteiger partial charge in [-0.25, -0.2) is 0 Å². The van der Waals surface area contributed by atoms with Crippen LogP contribution in [0.5, 0.6) is 11.5 Å². The average Bonchev–Trinajstić information content (AvgIpc) is 3.00. The largest absolute Gasteiger partial charge is 0.493 e. The molecule has 128 valence electrons. The lowest BCUT2D eigenvalue weighted by Crippen LogP contribution is -2.21.